The average Bonchev–Trinajstić information content (AvgIpc) is 2.97. The number of nitrogens with zero attached hydrogens (tertiary/aromatic N) is 1. The largest absolute Gasteiger partial charge is 0.507 e. The summed E-state index contributed by atoms with van der Waals surface area (Å²) in [6.07, 6.45) is 3.41. The molecule has 28 heavy (non-hydrogen) atoms. The molecule has 1 aliphatic heterocycles. The second-order valence-corrected chi connectivity index (χ2v) is 7.47. The number of ketones is 1. The summed E-state index contributed by atoms with van der Waals surface area (Å²) in [5, 5.41) is 10.7. The van der Waals surface area contributed by atoms with Crippen LogP contribution in [0.1, 0.15) is 46.8 Å². The third-order valence-corrected chi connectivity index (χ3v) is 5.15. The Kier molecular flexibility index (Phi) is 6.06. The maximum absolute atomic E-state index is 14.1. The van der Waals surface area contributed by atoms with E-state index in [9.17, 15) is 14.3 Å². The summed E-state index contributed by atoms with van der Waals surface area (Å²) < 4.78 is 20.0. The second-order valence-electron chi connectivity index (χ2n) is 7.06. The van der Waals surface area contributed by atoms with Crippen LogP contribution in [0, 0.1) is 12.7 Å². The van der Waals surface area contributed by atoms with E-state index in [1.54, 1.807) is 19.1 Å². The molecule has 0 amide bonds. The number of carbonyl (C=O) groups is 1. The van der Waals surface area contributed by atoms with Gasteiger partial charge >= 0.3 is 0 Å². The lowest BCUT2D eigenvalue weighted by Crippen LogP contribution is -2.19. The summed E-state index contributed by atoms with van der Waals surface area (Å²) in [4.78, 5) is 15.0. The predicted octanol–water partition coefficient (Wildman–Crippen LogP) is 5.34. The molecule has 4 nitrogen and oxygen atoms in total. The van der Waals surface area contributed by atoms with Crippen molar-refractivity contribution in [2.24, 2.45) is 0 Å². The maximum Gasteiger partial charge on any atom is 0.232 e. The number of fused-ring (bicyclic) bond motifs is 1. The number of phenols is 1. The molecule has 0 radical (unpaired) electrons. The molecule has 0 aromatic heterocycles. The van der Waals surface area contributed by atoms with Crippen LogP contribution in [0.2, 0.25) is 5.02 Å². The minimum atomic E-state index is -0.536. The van der Waals surface area contributed by atoms with Crippen molar-refractivity contribution < 1.29 is 19.0 Å². The molecule has 0 atom stereocenters. The van der Waals surface area contributed by atoms with E-state index in [1.807, 2.05) is 7.05 Å². The Morgan fingerprint density at radius 1 is 1.36 bits per heavy atom. The third-order valence-electron chi connectivity index (χ3n) is 4.82. The SMILES string of the molecule is CCCCN(C)Cc1c(O)cc(C)c2c1O/C(=C\c1c(F)cccc1Cl)C2=O. The number of hydrogen-bond acceptors (Lipinski definition) is 4. The first-order valence-corrected chi connectivity index (χ1v) is 9.63. The van der Waals surface area contributed by atoms with Gasteiger partial charge in [0.25, 0.3) is 0 Å². The van der Waals surface area contributed by atoms with Crippen LogP contribution in [0.4, 0.5) is 4.39 Å². The molecule has 1 aliphatic rings. The van der Waals surface area contributed by atoms with Crippen LogP contribution in [0.25, 0.3) is 6.08 Å². The number of halogens is 2. The highest BCUT2D eigenvalue weighted by molar-refractivity contribution is 6.32. The lowest BCUT2D eigenvalue weighted by molar-refractivity contribution is 0.101. The van der Waals surface area contributed by atoms with Crippen molar-refractivity contribution in [3.8, 4) is 11.5 Å². The highest BCUT2D eigenvalue weighted by atomic mass is 35.5. The normalized spacial score (nSPS) is 14.6. The fraction of sp³-hybridized carbons (Fsp3) is 0.318. The van der Waals surface area contributed by atoms with Gasteiger partial charge in [-0.15, -0.1) is 0 Å². The number of hydrogen-bond donors (Lipinski definition) is 1. The fourth-order valence-electron chi connectivity index (χ4n) is 3.29. The van der Waals surface area contributed by atoms with Gasteiger partial charge in [-0.2, -0.15) is 0 Å². The topological polar surface area (TPSA) is 49.8 Å². The van der Waals surface area contributed by atoms with Crippen molar-refractivity contribution in [1.29, 1.82) is 0 Å². The standard InChI is InChI=1S/C22H23ClFNO3/c1-4-5-9-25(3)12-15-18(26)10-13(2)20-21(27)19(28-22(15)20)11-14-16(23)7-6-8-17(14)24/h6-8,10-11,26H,4-5,9,12H2,1-3H3/b19-11-. The number of benzene rings is 2. The lowest BCUT2D eigenvalue weighted by Gasteiger charge is -2.19. The molecule has 0 fully saturated rings. The van der Waals surface area contributed by atoms with Gasteiger partial charge in [0.2, 0.25) is 5.78 Å². The molecule has 3 rings (SSSR count). The van der Waals surface area contributed by atoms with Gasteiger partial charge in [-0.3, -0.25) is 4.79 Å². The summed E-state index contributed by atoms with van der Waals surface area (Å²) in [6.45, 7) is 5.15. The van der Waals surface area contributed by atoms with Crippen LogP contribution in [0.5, 0.6) is 11.5 Å². The molecular weight excluding hydrogens is 381 g/mol. The van der Waals surface area contributed by atoms with Gasteiger partial charge in [-0.1, -0.05) is 31.0 Å². The smallest absolute Gasteiger partial charge is 0.232 e. The molecule has 0 saturated heterocycles. The van der Waals surface area contributed by atoms with E-state index >= 15 is 0 Å². The molecular formula is C22H23ClFNO3. The Morgan fingerprint density at radius 3 is 2.79 bits per heavy atom. The summed E-state index contributed by atoms with van der Waals surface area (Å²) in [7, 11) is 1.95. The number of Topliss-reactive ketones (excluding diaryl/α,β-unsaturated/α-hetero) is 1. The Balaban J connectivity index is 2.01. The van der Waals surface area contributed by atoms with Crippen molar-refractivity contribution in [2.45, 2.75) is 33.2 Å². The van der Waals surface area contributed by atoms with E-state index in [0.717, 1.165) is 19.4 Å². The van der Waals surface area contributed by atoms with Gasteiger partial charge < -0.3 is 14.7 Å². The van der Waals surface area contributed by atoms with E-state index in [0.29, 0.717) is 29.0 Å². The number of aromatic hydroxyl groups is 1. The van der Waals surface area contributed by atoms with Crippen LogP contribution in [-0.2, 0) is 6.54 Å². The molecule has 6 heteroatoms. The molecule has 0 bridgehead atoms. The van der Waals surface area contributed by atoms with Gasteiger partial charge in [0.15, 0.2) is 5.76 Å². The number of ether oxygens (including phenoxy) is 1. The van der Waals surface area contributed by atoms with Gasteiger partial charge in [0.1, 0.15) is 17.3 Å². The van der Waals surface area contributed by atoms with Crippen LogP contribution in [-0.4, -0.2) is 29.4 Å². The van der Waals surface area contributed by atoms with Crippen molar-refractivity contribution in [1.82, 2.24) is 4.90 Å². The number of allylic oxidation sites excluding steroid dienone is 1. The molecule has 148 valence electrons. The van der Waals surface area contributed by atoms with Gasteiger partial charge in [-0.25, -0.2) is 4.39 Å². The molecule has 0 spiro atoms. The van der Waals surface area contributed by atoms with Crippen LogP contribution in [0.3, 0.4) is 0 Å². The Hall–Kier alpha value is -2.37. The van der Waals surface area contributed by atoms with E-state index in [2.05, 4.69) is 11.8 Å². The molecule has 1 N–H and O–H groups in total. The minimum Gasteiger partial charge on any atom is -0.507 e. The Bertz CT molecular complexity index is 935. The second kappa shape index (κ2) is 8.33. The van der Waals surface area contributed by atoms with E-state index in [-0.39, 0.29) is 27.9 Å². The Labute approximate surface area is 169 Å². The number of rotatable bonds is 6. The molecule has 0 saturated carbocycles. The first kappa shape index (κ1) is 20.4. The van der Waals surface area contributed by atoms with Crippen LogP contribution in [0.15, 0.2) is 30.0 Å². The molecule has 2 aromatic rings. The third kappa shape index (κ3) is 3.91. The summed E-state index contributed by atoms with van der Waals surface area (Å²) in [6, 6.07) is 5.89. The average molecular weight is 404 g/mol. The van der Waals surface area contributed by atoms with E-state index < -0.39 is 5.82 Å². The number of aryl methyl sites for hydroxylation is 1. The summed E-state index contributed by atoms with van der Waals surface area (Å²) in [5.74, 6) is -0.467. The lowest BCUT2D eigenvalue weighted by atomic mass is 9.99. The first-order valence-electron chi connectivity index (χ1n) is 9.25. The number of phenolic OH excluding ortho intramolecular Hbond substituents is 1. The van der Waals surface area contributed by atoms with Crippen molar-refractivity contribution >= 4 is 23.5 Å². The zero-order chi connectivity index (χ0) is 20.4. The van der Waals surface area contributed by atoms with Crippen molar-refractivity contribution in [3.63, 3.8) is 0 Å². The summed E-state index contributed by atoms with van der Waals surface area (Å²) >= 11 is 6.07. The highest BCUT2D eigenvalue weighted by Gasteiger charge is 2.33. The summed E-state index contributed by atoms with van der Waals surface area (Å²) in [5.41, 5.74) is 1.66. The van der Waals surface area contributed by atoms with Gasteiger partial charge in [0.05, 0.1) is 16.1 Å². The monoisotopic (exact) mass is 403 g/mol. The Morgan fingerprint density at radius 2 is 2.11 bits per heavy atom. The van der Waals surface area contributed by atoms with E-state index in [4.69, 9.17) is 16.3 Å². The molecule has 0 aliphatic carbocycles. The van der Waals surface area contributed by atoms with Gasteiger partial charge in [-0.05, 0) is 56.8 Å². The van der Waals surface area contributed by atoms with Crippen LogP contribution < -0.4 is 4.74 Å². The van der Waals surface area contributed by atoms with E-state index in [1.165, 1.54) is 18.2 Å². The maximum atomic E-state index is 14.1. The van der Waals surface area contributed by atoms with Gasteiger partial charge in [0, 0.05) is 12.1 Å². The fourth-order valence-corrected chi connectivity index (χ4v) is 3.51. The molecule has 2 aromatic carbocycles. The number of carbonyl (C=O) groups excluding carboxylic acids is 1. The predicted molar refractivity (Wildman–Crippen MR) is 108 cm³/mol. The van der Waals surface area contributed by atoms with Crippen molar-refractivity contribution in [2.75, 3.05) is 13.6 Å². The zero-order valence-electron chi connectivity index (χ0n) is 16.2. The minimum absolute atomic E-state index is 0.00633. The van der Waals surface area contributed by atoms with Crippen LogP contribution >= 0.6 is 11.6 Å². The molecule has 1 heterocycles. The quantitative estimate of drug-likeness (QED) is 0.661. The number of unbranched alkanes of at least 4 members (excludes halogenated alkanes) is 1. The van der Waals surface area contributed by atoms with Crippen molar-refractivity contribution in [3.05, 3.63) is 63.1 Å². The highest BCUT2D eigenvalue weighted by Crippen LogP contribution is 2.42. The first-order chi connectivity index (χ1) is 13.3. The molecule has 0 unspecified atom stereocenters. The zero-order valence-corrected chi connectivity index (χ0v) is 16.9.